The van der Waals surface area contributed by atoms with E-state index in [0.29, 0.717) is 0 Å². The second-order valence-electron chi connectivity index (χ2n) is 7.74. The summed E-state index contributed by atoms with van der Waals surface area (Å²) >= 11 is 0. The van der Waals surface area contributed by atoms with E-state index in [1.165, 1.54) is 12.5 Å². The molecule has 0 unspecified atom stereocenters. The highest BCUT2D eigenvalue weighted by Gasteiger charge is 2.46. The van der Waals surface area contributed by atoms with E-state index in [0.717, 1.165) is 49.0 Å². The third kappa shape index (κ3) is 2.91. The molecule has 0 aromatic heterocycles. The fraction of sp³-hybridized carbons (Fsp3) is 0.455. The van der Waals surface area contributed by atoms with Gasteiger partial charge in [0, 0.05) is 17.6 Å². The molecule has 2 aliphatic rings. The van der Waals surface area contributed by atoms with Gasteiger partial charge in [-0.15, -0.1) is 0 Å². The predicted molar refractivity (Wildman–Crippen MR) is 101 cm³/mol. The van der Waals surface area contributed by atoms with Gasteiger partial charge in [0.1, 0.15) is 11.9 Å². The number of hydrogen-bond donors (Lipinski definition) is 2. The van der Waals surface area contributed by atoms with Crippen LogP contribution in [0.15, 0.2) is 48.5 Å². The standard InChI is InChI=1S/C22H26FNO2/c23-17-9-10-19-18(13-17)22(11-5-2-6-12-22)15-24(19)21(20(26)14-25)16-7-3-1-4-8-16/h1,3-4,7-10,13,20-21,25-26H,2,5-6,11-12,14-15H2/t20-,21+/m1/s1. The van der Waals surface area contributed by atoms with Crippen LogP contribution in [0.25, 0.3) is 0 Å². The summed E-state index contributed by atoms with van der Waals surface area (Å²) in [6.45, 7) is 0.460. The van der Waals surface area contributed by atoms with Gasteiger partial charge in [-0.2, -0.15) is 0 Å². The summed E-state index contributed by atoms with van der Waals surface area (Å²) in [4.78, 5) is 2.19. The number of nitrogens with zero attached hydrogens (tertiary/aromatic N) is 1. The molecule has 2 atom stereocenters. The third-order valence-electron chi connectivity index (χ3n) is 6.15. The topological polar surface area (TPSA) is 43.7 Å². The number of benzene rings is 2. The Balaban J connectivity index is 1.81. The van der Waals surface area contributed by atoms with E-state index in [1.54, 1.807) is 6.07 Å². The molecular formula is C22H26FNO2. The number of anilines is 1. The van der Waals surface area contributed by atoms with Crippen molar-refractivity contribution in [2.75, 3.05) is 18.1 Å². The predicted octanol–water partition coefficient (Wildman–Crippen LogP) is 3.94. The van der Waals surface area contributed by atoms with Crippen LogP contribution in [0.1, 0.15) is 49.3 Å². The lowest BCUT2D eigenvalue weighted by Gasteiger charge is -2.38. The number of hydrogen-bond acceptors (Lipinski definition) is 3. The summed E-state index contributed by atoms with van der Waals surface area (Å²) < 4.78 is 14.1. The molecule has 3 nitrogen and oxygen atoms in total. The minimum atomic E-state index is -0.894. The van der Waals surface area contributed by atoms with E-state index in [2.05, 4.69) is 4.90 Å². The lowest BCUT2D eigenvalue weighted by Crippen LogP contribution is -2.42. The van der Waals surface area contributed by atoms with Crippen LogP contribution in [0.3, 0.4) is 0 Å². The molecular weight excluding hydrogens is 329 g/mol. The van der Waals surface area contributed by atoms with Crippen LogP contribution < -0.4 is 4.90 Å². The van der Waals surface area contributed by atoms with Gasteiger partial charge in [-0.1, -0.05) is 49.6 Å². The van der Waals surface area contributed by atoms with Gasteiger partial charge in [-0.3, -0.25) is 0 Å². The molecule has 0 radical (unpaired) electrons. The van der Waals surface area contributed by atoms with Gasteiger partial charge in [-0.05, 0) is 42.2 Å². The second kappa shape index (κ2) is 7.01. The van der Waals surface area contributed by atoms with E-state index in [4.69, 9.17) is 0 Å². The molecule has 0 amide bonds. The number of aliphatic hydroxyl groups is 2. The van der Waals surface area contributed by atoms with E-state index in [9.17, 15) is 14.6 Å². The SMILES string of the molecule is OC[C@@H](O)[C@H](c1ccccc1)N1CC2(CCCCC2)c2cc(F)ccc21. The Morgan fingerprint density at radius 3 is 2.46 bits per heavy atom. The molecule has 0 bridgehead atoms. The van der Waals surface area contributed by atoms with Gasteiger partial charge in [0.05, 0.1) is 12.6 Å². The van der Waals surface area contributed by atoms with Crippen molar-refractivity contribution in [2.45, 2.75) is 49.7 Å². The summed E-state index contributed by atoms with van der Waals surface area (Å²) in [5.41, 5.74) is 2.99. The first-order valence-electron chi connectivity index (χ1n) is 9.55. The minimum Gasteiger partial charge on any atom is -0.394 e. The zero-order valence-electron chi connectivity index (χ0n) is 14.9. The first-order valence-corrected chi connectivity index (χ1v) is 9.55. The van der Waals surface area contributed by atoms with E-state index in [-0.39, 0.29) is 23.9 Å². The van der Waals surface area contributed by atoms with Crippen LogP contribution in [0, 0.1) is 5.82 Å². The van der Waals surface area contributed by atoms with Crippen molar-refractivity contribution in [3.63, 3.8) is 0 Å². The summed E-state index contributed by atoms with van der Waals surface area (Å²) in [6, 6.07) is 14.5. The maximum Gasteiger partial charge on any atom is 0.123 e. The quantitative estimate of drug-likeness (QED) is 0.873. The van der Waals surface area contributed by atoms with Crippen LogP contribution in [0.5, 0.6) is 0 Å². The molecule has 1 fully saturated rings. The van der Waals surface area contributed by atoms with Crippen molar-refractivity contribution >= 4 is 5.69 Å². The Bertz CT molecular complexity index is 758. The summed E-state index contributed by atoms with van der Waals surface area (Å²) in [5, 5.41) is 20.3. The Morgan fingerprint density at radius 2 is 1.77 bits per heavy atom. The highest BCUT2D eigenvalue weighted by atomic mass is 19.1. The van der Waals surface area contributed by atoms with Crippen LogP contribution in [-0.2, 0) is 5.41 Å². The molecule has 4 heteroatoms. The Labute approximate surface area is 154 Å². The molecule has 0 saturated heterocycles. The Morgan fingerprint density at radius 1 is 1.04 bits per heavy atom. The average molecular weight is 355 g/mol. The van der Waals surface area contributed by atoms with E-state index >= 15 is 0 Å². The summed E-state index contributed by atoms with van der Waals surface area (Å²) in [6.07, 6.45) is 4.75. The molecule has 1 aliphatic carbocycles. The van der Waals surface area contributed by atoms with E-state index < -0.39 is 6.10 Å². The molecule has 2 aromatic rings. The van der Waals surface area contributed by atoms with E-state index in [1.807, 2.05) is 36.4 Å². The zero-order chi connectivity index (χ0) is 18.1. The van der Waals surface area contributed by atoms with Crippen LogP contribution in [0.4, 0.5) is 10.1 Å². The van der Waals surface area contributed by atoms with Gasteiger partial charge in [-0.25, -0.2) is 4.39 Å². The lowest BCUT2D eigenvalue weighted by atomic mass is 9.71. The fourth-order valence-electron chi connectivity index (χ4n) is 4.94. The highest BCUT2D eigenvalue weighted by molar-refractivity contribution is 5.64. The molecule has 1 heterocycles. The minimum absolute atomic E-state index is 0.0438. The zero-order valence-corrected chi connectivity index (χ0v) is 14.9. The second-order valence-corrected chi connectivity index (χ2v) is 7.74. The van der Waals surface area contributed by atoms with Gasteiger partial charge >= 0.3 is 0 Å². The lowest BCUT2D eigenvalue weighted by molar-refractivity contribution is 0.0703. The molecule has 1 saturated carbocycles. The van der Waals surface area contributed by atoms with Crippen LogP contribution in [0.2, 0.25) is 0 Å². The van der Waals surface area contributed by atoms with Crippen molar-refractivity contribution in [3.05, 3.63) is 65.5 Å². The monoisotopic (exact) mass is 355 g/mol. The van der Waals surface area contributed by atoms with Gasteiger partial charge in [0.15, 0.2) is 0 Å². The molecule has 4 rings (SSSR count). The molecule has 1 spiro atoms. The normalized spacial score (nSPS) is 20.8. The smallest absolute Gasteiger partial charge is 0.123 e. The first kappa shape index (κ1) is 17.5. The van der Waals surface area contributed by atoms with Gasteiger partial charge in [0.25, 0.3) is 0 Å². The van der Waals surface area contributed by atoms with Crippen LogP contribution >= 0.6 is 0 Å². The van der Waals surface area contributed by atoms with Gasteiger partial charge < -0.3 is 15.1 Å². The first-order chi connectivity index (χ1) is 12.6. The number of fused-ring (bicyclic) bond motifs is 2. The van der Waals surface area contributed by atoms with Gasteiger partial charge in [0.2, 0.25) is 0 Å². The number of aliphatic hydroxyl groups excluding tert-OH is 2. The maximum atomic E-state index is 14.1. The summed E-state index contributed by atoms with van der Waals surface area (Å²) in [7, 11) is 0. The number of halogens is 1. The highest BCUT2D eigenvalue weighted by Crippen LogP contribution is 2.52. The third-order valence-corrected chi connectivity index (χ3v) is 6.15. The summed E-state index contributed by atoms with van der Waals surface area (Å²) in [5.74, 6) is -0.200. The fourth-order valence-corrected chi connectivity index (χ4v) is 4.94. The molecule has 138 valence electrons. The largest absolute Gasteiger partial charge is 0.394 e. The van der Waals surface area contributed by atoms with Crippen LogP contribution in [-0.4, -0.2) is 29.5 Å². The van der Waals surface area contributed by atoms with Crippen molar-refractivity contribution in [1.82, 2.24) is 0 Å². The average Bonchev–Trinajstić information content (AvgIpc) is 2.96. The molecule has 2 aromatic carbocycles. The Hall–Kier alpha value is -1.91. The van der Waals surface area contributed by atoms with Crippen molar-refractivity contribution in [3.8, 4) is 0 Å². The molecule has 2 N–H and O–H groups in total. The van der Waals surface area contributed by atoms with Crippen molar-refractivity contribution in [2.24, 2.45) is 0 Å². The Kier molecular flexibility index (Phi) is 4.72. The van der Waals surface area contributed by atoms with Crippen molar-refractivity contribution in [1.29, 1.82) is 0 Å². The molecule has 26 heavy (non-hydrogen) atoms. The number of rotatable bonds is 4. The molecule has 1 aliphatic heterocycles. The van der Waals surface area contributed by atoms with Crippen molar-refractivity contribution < 1.29 is 14.6 Å². The maximum absolute atomic E-state index is 14.1.